The van der Waals surface area contributed by atoms with Gasteiger partial charge in [-0.05, 0) is 32.1 Å². The molecule has 2 atom stereocenters. The number of hydrogen-bond acceptors (Lipinski definition) is 4. The molecule has 1 amide bonds. The lowest BCUT2D eigenvalue weighted by Crippen LogP contribution is -2.29. The van der Waals surface area contributed by atoms with Crippen molar-refractivity contribution in [1.29, 1.82) is 0 Å². The summed E-state index contributed by atoms with van der Waals surface area (Å²) < 4.78 is 5.41. The van der Waals surface area contributed by atoms with Gasteiger partial charge in [0.15, 0.2) is 0 Å². The maximum absolute atomic E-state index is 11.5. The molecule has 6 nitrogen and oxygen atoms in total. The highest BCUT2D eigenvalue weighted by atomic mass is 16.6. The number of ether oxygens (including phenoxy) is 1. The number of hydrogen-bond donors (Lipinski definition) is 3. The first-order chi connectivity index (χ1) is 8.70. The van der Waals surface area contributed by atoms with Crippen LogP contribution in [0.5, 0.6) is 0 Å². The Kier molecular flexibility index (Phi) is 2.85. The molecule has 1 aromatic heterocycles. The van der Waals surface area contributed by atoms with Gasteiger partial charge in [0, 0.05) is 23.7 Å². The molecule has 3 rings (SSSR count). The molecule has 6 heteroatoms. The van der Waals surface area contributed by atoms with E-state index in [1.165, 1.54) is 0 Å². The van der Waals surface area contributed by atoms with Crippen LogP contribution in [0.3, 0.4) is 0 Å². The van der Waals surface area contributed by atoms with Crippen molar-refractivity contribution in [3.8, 4) is 0 Å². The quantitative estimate of drug-likeness (QED) is 0.758. The molecule has 0 aromatic carbocycles. The van der Waals surface area contributed by atoms with Crippen molar-refractivity contribution >= 4 is 11.9 Å². The Balaban J connectivity index is 1.50. The van der Waals surface area contributed by atoms with Crippen molar-refractivity contribution in [2.24, 2.45) is 0 Å². The largest absolute Gasteiger partial charge is 0.446 e. The highest BCUT2D eigenvalue weighted by molar-refractivity contribution is 5.68. The van der Waals surface area contributed by atoms with Gasteiger partial charge in [-0.25, -0.2) is 4.79 Å². The molecule has 98 valence electrons. The van der Waals surface area contributed by atoms with Crippen LogP contribution >= 0.6 is 0 Å². The number of amides is 1. The Morgan fingerprint density at radius 1 is 1.44 bits per heavy atom. The Labute approximate surface area is 105 Å². The van der Waals surface area contributed by atoms with E-state index < -0.39 is 0 Å². The lowest BCUT2D eigenvalue weighted by atomic mass is 10.0. The van der Waals surface area contributed by atoms with Gasteiger partial charge in [0.05, 0.1) is 0 Å². The summed E-state index contributed by atoms with van der Waals surface area (Å²) in [5.41, 5.74) is 6.63. The van der Waals surface area contributed by atoms with E-state index in [2.05, 4.69) is 15.5 Å². The molecule has 4 N–H and O–H groups in total. The van der Waals surface area contributed by atoms with Crippen LogP contribution in [0.1, 0.15) is 43.7 Å². The van der Waals surface area contributed by atoms with Gasteiger partial charge in [-0.15, -0.1) is 0 Å². The van der Waals surface area contributed by atoms with Crippen molar-refractivity contribution in [3.05, 3.63) is 11.8 Å². The number of anilines is 1. The van der Waals surface area contributed by atoms with Crippen LogP contribution in [-0.2, 0) is 4.74 Å². The molecule has 0 unspecified atom stereocenters. The molecule has 0 spiro atoms. The molecular formula is C12H18N4O2. The molecular weight excluding hydrogens is 232 g/mol. The van der Waals surface area contributed by atoms with E-state index in [4.69, 9.17) is 10.5 Å². The fraction of sp³-hybridized carbons (Fsp3) is 0.667. The summed E-state index contributed by atoms with van der Waals surface area (Å²) in [5, 5.41) is 9.70. The number of carbonyl (C=O) groups is 1. The van der Waals surface area contributed by atoms with Gasteiger partial charge in [0.2, 0.25) is 0 Å². The number of nitrogens with one attached hydrogen (secondary N) is 2. The minimum atomic E-state index is -0.271. The van der Waals surface area contributed by atoms with Crippen molar-refractivity contribution in [2.45, 2.75) is 50.2 Å². The summed E-state index contributed by atoms with van der Waals surface area (Å²) >= 11 is 0. The van der Waals surface area contributed by atoms with Crippen LogP contribution in [0.2, 0.25) is 0 Å². The first-order valence-electron chi connectivity index (χ1n) is 6.48. The molecule has 0 bridgehead atoms. The Hall–Kier alpha value is -1.72. The van der Waals surface area contributed by atoms with E-state index in [0.29, 0.717) is 17.8 Å². The second-order valence-electron chi connectivity index (χ2n) is 5.20. The molecule has 18 heavy (non-hydrogen) atoms. The van der Waals surface area contributed by atoms with Crippen molar-refractivity contribution in [1.82, 2.24) is 15.5 Å². The lowest BCUT2D eigenvalue weighted by molar-refractivity contribution is 0.0997. The van der Waals surface area contributed by atoms with Crippen LogP contribution in [0, 0.1) is 0 Å². The van der Waals surface area contributed by atoms with Gasteiger partial charge in [0.25, 0.3) is 0 Å². The van der Waals surface area contributed by atoms with Gasteiger partial charge in [-0.2, -0.15) is 5.10 Å². The second kappa shape index (κ2) is 4.51. The number of aromatic nitrogens is 2. The Bertz CT molecular complexity index is 441. The molecule has 1 aromatic rings. The zero-order chi connectivity index (χ0) is 12.5. The number of nitrogens with zero attached hydrogens (tertiary/aromatic N) is 1. The topological polar surface area (TPSA) is 93.0 Å². The highest BCUT2D eigenvalue weighted by Crippen LogP contribution is 2.35. The van der Waals surface area contributed by atoms with Gasteiger partial charge >= 0.3 is 6.09 Å². The van der Waals surface area contributed by atoms with E-state index in [9.17, 15) is 4.79 Å². The zero-order valence-electron chi connectivity index (χ0n) is 10.2. The summed E-state index contributed by atoms with van der Waals surface area (Å²) in [4.78, 5) is 11.5. The van der Waals surface area contributed by atoms with E-state index in [-0.39, 0.29) is 12.2 Å². The zero-order valence-corrected chi connectivity index (χ0v) is 10.2. The van der Waals surface area contributed by atoms with Crippen LogP contribution in [0.4, 0.5) is 10.6 Å². The third-order valence-electron chi connectivity index (χ3n) is 3.61. The van der Waals surface area contributed by atoms with Gasteiger partial charge < -0.3 is 15.8 Å². The minimum Gasteiger partial charge on any atom is -0.446 e. The summed E-state index contributed by atoms with van der Waals surface area (Å²) in [6, 6.07) is 2.21. The molecule has 2 aliphatic rings. The van der Waals surface area contributed by atoms with Crippen LogP contribution in [-0.4, -0.2) is 28.4 Å². The highest BCUT2D eigenvalue weighted by Gasteiger charge is 2.31. The number of rotatable bonds is 3. The predicted octanol–water partition coefficient (Wildman–Crippen LogP) is 1.52. The first kappa shape index (κ1) is 11.4. The SMILES string of the molecule is Nc1cc([C@@H]2CC[C@H](OC(=O)NC3CC3)C2)[nH]n1. The summed E-state index contributed by atoms with van der Waals surface area (Å²) in [6.07, 6.45) is 4.65. The molecule has 0 radical (unpaired) electrons. The molecule has 1 heterocycles. The maximum atomic E-state index is 11.5. The van der Waals surface area contributed by atoms with E-state index in [1.54, 1.807) is 0 Å². The minimum absolute atomic E-state index is 0.0123. The van der Waals surface area contributed by atoms with E-state index in [0.717, 1.165) is 37.8 Å². The number of alkyl carbamates (subject to hydrolysis) is 1. The lowest BCUT2D eigenvalue weighted by Gasteiger charge is -2.12. The third kappa shape index (κ3) is 2.57. The maximum Gasteiger partial charge on any atom is 0.407 e. The van der Waals surface area contributed by atoms with Gasteiger partial charge in [-0.1, -0.05) is 0 Å². The summed E-state index contributed by atoms with van der Waals surface area (Å²) in [6.45, 7) is 0. The number of aromatic amines is 1. The van der Waals surface area contributed by atoms with Crippen molar-refractivity contribution in [3.63, 3.8) is 0 Å². The molecule has 2 fully saturated rings. The fourth-order valence-electron chi connectivity index (χ4n) is 2.47. The predicted molar refractivity (Wildman–Crippen MR) is 66.0 cm³/mol. The average molecular weight is 250 g/mol. The van der Waals surface area contributed by atoms with E-state index in [1.807, 2.05) is 6.07 Å². The molecule has 2 saturated carbocycles. The number of carbonyl (C=O) groups excluding carboxylic acids is 1. The van der Waals surface area contributed by atoms with Crippen LogP contribution in [0.15, 0.2) is 6.07 Å². The smallest absolute Gasteiger partial charge is 0.407 e. The third-order valence-corrected chi connectivity index (χ3v) is 3.61. The monoisotopic (exact) mass is 250 g/mol. The van der Waals surface area contributed by atoms with Crippen molar-refractivity contribution < 1.29 is 9.53 Å². The van der Waals surface area contributed by atoms with Gasteiger partial charge in [0.1, 0.15) is 11.9 Å². The number of H-pyrrole nitrogens is 1. The first-order valence-corrected chi connectivity index (χ1v) is 6.48. The van der Waals surface area contributed by atoms with E-state index >= 15 is 0 Å². The fourth-order valence-corrected chi connectivity index (χ4v) is 2.47. The van der Waals surface area contributed by atoms with Crippen LogP contribution < -0.4 is 11.1 Å². The average Bonchev–Trinajstić information content (AvgIpc) is 2.85. The summed E-state index contributed by atoms with van der Waals surface area (Å²) in [5.74, 6) is 0.884. The number of nitrogen functional groups attached to an aromatic ring is 1. The van der Waals surface area contributed by atoms with Crippen LogP contribution in [0.25, 0.3) is 0 Å². The number of nitrogens with two attached hydrogens (primary N) is 1. The Morgan fingerprint density at radius 2 is 2.28 bits per heavy atom. The standard InChI is InChI=1S/C12H18N4O2/c13-11-6-10(15-16-11)7-1-4-9(5-7)18-12(17)14-8-2-3-8/h6-9H,1-5H2,(H,14,17)(H3,13,15,16)/t7-,9+/m1/s1. The normalized spacial score (nSPS) is 27.1. The molecule has 2 aliphatic carbocycles. The Morgan fingerprint density at radius 3 is 2.94 bits per heavy atom. The van der Waals surface area contributed by atoms with Gasteiger partial charge in [-0.3, -0.25) is 5.10 Å². The molecule has 0 aliphatic heterocycles. The molecule has 0 saturated heterocycles. The second-order valence-corrected chi connectivity index (χ2v) is 5.20. The summed E-state index contributed by atoms with van der Waals surface area (Å²) in [7, 11) is 0. The van der Waals surface area contributed by atoms with Crippen molar-refractivity contribution in [2.75, 3.05) is 5.73 Å².